The highest BCUT2D eigenvalue weighted by atomic mass is 14.6. The van der Waals surface area contributed by atoms with Crippen LogP contribution in [0.4, 0.5) is 0 Å². The van der Waals surface area contributed by atoms with Crippen LogP contribution in [0.25, 0.3) is 0 Å². The summed E-state index contributed by atoms with van der Waals surface area (Å²) in [5.41, 5.74) is 8.40. The van der Waals surface area contributed by atoms with Gasteiger partial charge in [-0.3, -0.25) is 0 Å². The molecule has 1 aromatic carbocycles. The van der Waals surface area contributed by atoms with E-state index in [9.17, 15) is 0 Å². The van der Waals surface area contributed by atoms with E-state index in [4.69, 9.17) is 5.73 Å². The Bertz CT molecular complexity index is 241. The molecule has 1 atom stereocenters. The van der Waals surface area contributed by atoms with Gasteiger partial charge < -0.3 is 5.73 Å². The van der Waals surface area contributed by atoms with Crippen LogP contribution in [-0.4, -0.2) is 6.04 Å². The lowest BCUT2D eigenvalue weighted by Gasteiger charge is -2.05. The molecule has 66 valence electrons. The van der Waals surface area contributed by atoms with Crippen LogP contribution in [0, 0.1) is 6.92 Å². The maximum atomic E-state index is 5.68. The molecule has 0 heterocycles. The number of hydrogen-bond donors (Lipinski definition) is 1. The first kappa shape index (κ1) is 9.27. The number of rotatable bonds is 3. The van der Waals surface area contributed by atoms with Crippen molar-refractivity contribution in [2.24, 2.45) is 5.73 Å². The Kier molecular flexibility index (Phi) is 3.30. The highest BCUT2D eigenvalue weighted by Crippen LogP contribution is 2.07. The van der Waals surface area contributed by atoms with Gasteiger partial charge in [-0.1, -0.05) is 29.8 Å². The van der Waals surface area contributed by atoms with E-state index < -0.39 is 0 Å². The average Bonchev–Trinajstić information content (AvgIpc) is 2.01. The highest BCUT2D eigenvalue weighted by molar-refractivity contribution is 5.22. The molecule has 0 amide bonds. The van der Waals surface area contributed by atoms with Crippen molar-refractivity contribution in [1.82, 2.24) is 0 Å². The van der Waals surface area contributed by atoms with E-state index in [0.29, 0.717) is 6.04 Å². The lowest BCUT2D eigenvalue weighted by atomic mass is 10.0. The van der Waals surface area contributed by atoms with Gasteiger partial charge in [-0.05, 0) is 32.3 Å². The Morgan fingerprint density at radius 1 is 1.42 bits per heavy atom. The van der Waals surface area contributed by atoms with Crippen LogP contribution in [0.2, 0.25) is 0 Å². The maximum absolute atomic E-state index is 5.68. The van der Waals surface area contributed by atoms with Gasteiger partial charge >= 0.3 is 0 Å². The second kappa shape index (κ2) is 4.27. The van der Waals surface area contributed by atoms with Crippen LogP contribution >= 0.6 is 0 Å². The van der Waals surface area contributed by atoms with Crippen LogP contribution in [0.5, 0.6) is 0 Å². The molecule has 0 aliphatic rings. The molecular formula is C11H17N. The molecule has 0 saturated heterocycles. The summed E-state index contributed by atoms with van der Waals surface area (Å²) in [5, 5.41) is 0. The summed E-state index contributed by atoms with van der Waals surface area (Å²) in [7, 11) is 0. The van der Waals surface area contributed by atoms with Crippen molar-refractivity contribution in [3.8, 4) is 0 Å². The summed E-state index contributed by atoms with van der Waals surface area (Å²) < 4.78 is 0. The summed E-state index contributed by atoms with van der Waals surface area (Å²) in [6.07, 6.45) is 2.17. The minimum atomic E-state index is 0.311. The molecule has 0 fully saturated rings. The van der Waals surface area contributed by atoms with Gasteiger partial charge in [0, 0.05) is 6.04 Å². The molecular weight excluding hydrogens is 146 g/mol. The van der Waals surface area contributed by atoms with E-state index in [-0.39, 0.29) is 0 Å². The van der Waals surface area contributed by atoms with Crippen LogP contribution in [0.1, 0.15) is 24.5 Å². The summed E-state index contributed by atoms with van der Waals surface area (Å²) in [6.45, 7) is 4.17. The topological polar surface area (TPSA) is 26.0 Å². The second-order valence-corrected chi connectivity index (χ2v) is 3.51. The minimum absolute atomic E-state index is 0.311. The fourth-order valence-electron chi connectivity index (χ4n) is 1.26. The van der Waals surface area contributed by atoms with Crippen LogP contribution in [0.3, 0.4) is 0 Å². The van der Waals surface area contributed by atoms with Gasteiger partial charge in [-0.15, -0.1) is 0 Å². The summed E-state index contributed by atoms with van der Waals surface area (Å²) in [6, 6.07) is 8.92. The van der Waals surface area contributed by atoms with Crippen molar-refractivity contribution in [1.29, 1.82) is 0 Å². The van der Waals surface area contributed by atoms with Crippen LogP contribution < -0.4 is 5.73 Å². The van der Waals surface area contributed by atoms with Gasteiger partial charge in [0.25, 0.3) is 0 Å². The van der Waals surface area contributed by atoms with Crippen molar-refractivity contribution in [2.45, 2.75) is 32.7 Å². The predicted octanol–water partition coefficient (Wildman–Crippen LogP) is 2.27. The highest BCUT2D eigenvalue weighted by Gasteiger charge is 1.96. The number of benzene rings is 1. The standard InChI is InChI=1S/C11H17N/c1-9-4-3-5-11(8-9)7-6-10(2)12/h3-5,8,10H,6-7,12H2,1-2H3. The van der Waals surface area contributed by atoms with E-state index >= 15 is 0 Å². The van der Waals surface area contributed by atoms with Gasteiger partial charge in [0.05, 0.1) is 0 Å². The molecule has 12 heavy (non-hydrogen) atoms. The lowest BCUT2D eigenvalue weighted by molar-refractivity contribution is 0.666. The Hall–Kier alpha value is -0.820. The van der Waals surface area contributed by atoms with E-state index in [2.05, 4.69) is 38.1 Å². The molecule has 1 nitrogen and oxygen atoms in total. The molecule has 1 heteroatoms. The molecule has 0 aliphatic heterocycles. The fraction of sp³-hybridized carbons (Fsp3) is 0.455. The number of hydrogen-bond acceptors (Lipinski definition) is 1. The van der Waals surface area contributed by atoms with Crippen molar-refractivity contribution in [2.75, 3.05) is 0 Å². The zero-order chi connectivity index (χ0) is 8.97. The third kappa shape index (κ3) is 3.05. The van der Waals surface area contributed by atoms with Crippen LogP contribution in [-0.2, 0) is 6.42 Å². The Balaban J connectivity index is 2.52. The van der Waals surface area contributed by atoms with Gasteiger partial charge in [-0.2, -0.15) is 0 Å². The zero-order valence-corrected chi connectivity index (χ0v) is 7.88. The summed E-state index contributed by atoms with van der Waals surface area (Å²) in [4.78, 5) is 0. The van der Waals surface area contributed by atoms with Gasteiger partial charge in [0.2, 0.25) is 0 Å². The molecule has 1 rings (SSSR count). The Morgan fingerprint density at radius 3 is 2.75 bits per heavy atom. The molecule has 1 unspecified atom stereocenters. The van der Waals surface area contributed by atoms with Crippen molar-refractivity contribution >= 4 is 0 Å². The fourth-order valence-corrected chi connectivity index (χ4v) is 1.26. The maximum Gasteiger partial charge on any atom is 0.00136 e. The monoisotopic (exact) mass is 163 g/mol. The lowest BCUT2D eigenvalue weighted by Crippen LogP contribution is -2.15. The third-order valence-electron chi connectivity index (χ3n) is 1.97. The number of nitrogens with two attached hydrogens (primary N) is 1. The molecule has 1 aromatic rings. The van der Waals surface area contributed by atoms with E-state index in [1.807, 2.05) is 0 Å². The van der Waals surface area contributed by atoms with Gasteiger partial charge in [-0.25, -0.2) is 0 Å². The molecule has 0 aliphatic carbocycles. The predicted molar refractivity (Wildman–Crippen MR) is 53.1 cm³/mol. The second-order valence-electron chi connectivity index (χ2n) is 3.51. The zero-order valence-electron chi connectivity index (χ0n) is 7.88. The SMILES string of the molecule is Cc1cccc(CCC(C)N)c1. The summed E-state index contributed by atoms with van der Waals surface area (Å²) in [5.74, 6) is 0. The Morgan fingerprint density at radius 2 is 2.17 bits per heavy atom. The molecule has 2 N–H and O–H groups in total. The number of aryl methyl sites for hydroxylation is 2. The van der Waals surface area contributed by atoms with Gasteiger partial charge in [0.15, 0.2) is 0 Å². The molecule has 0 saturated carbocycles. The van der Waals surface area contributed by atoms with E-state index in [1.165, 1.54) is 11.1 Å². The average molecular weight is 163 g/mol. The first-order valence-corrected chi connectivity index (χ1v) is 4.49. The minimum Gasteiger partial charge on any atom is -0.328 e. The first-order valence-electron chi connectivity index (χ1n) is 4.49. The molecule has 0 aromatic heterocycles. The van der Waals surface area contributed by atoms with Gasteiger partial charge in [0.1, 0.15) is 0 Å². The van der Waals surface area contributed by atoms with Crippen molar-refractivity contribution < 1.29 is 0 Å². The van der Waals surface area contributed by atoms with Crippen LogP contribution in [0.15, 0.2) is 24.3 Å². The largest absolute Gasteiger partial charge is 0.328 e. The molecule has 0 bridgehead atoms. The molecule has 0 spiro atoms. The third-order valence-corrected chi connectivity index (χ3v) is 1.97. The van der Waals surface area contributed by atoms with E-state index in [0.717, 1.165) is 12.8 Å². The normalized spacial score (nSPS) is 12.9. The van der Waals surface area contributed by atoms with Crippen molar-refractivity contribution in [3.05, 3.63) is 35.4 Å². The summed E-state index contributed by atoms with van der Waals surface area (Å²) >= 11 is 0. The Labute approximate surface area is 74.6 Å². The molecule has 0 radical (unpaired) electrons. The van der Waals surface area contributed by atoms with E-state index in [1.54, 1.807) is 0 Å². The first-order chi connectivity index (χ1) is 5.68. The quantitative estimate of drug-likeness (QED) is 0.726. The smallest absolute Gasteiger partial charge is 0.00136 e. The van der Waals surface area contributed by atoms with Crippen molar-refractivity contribution in [3.63, 3.8) is 0 Å².